The van der Waals surface area contributed by atoms with E-state index in [0.29, 0.717) is 18.4 Å². The lowest BCUT2D eigenvalue weighted by Crippen LogP contribution is -2.43. The smallest absolute Gasteiger partial charge is 0.191 e. The molecule has 1 aliphatic rings. The average molecular weight is 221 g/mol. The number of nitrogens with two attached hydrogens (primary N) is 1. The molecule has 0 radical (unpaired) electrons. The lowest BCUT2D eigenvalue weighted by atomic mass is 10.0. The normalized spacial score (nSPS) is 22.4. The summed E-state index contributed by atoms with van der Waals surface area (Å²) in [4.78, 5) is 6.52. The van der Waals surface area contributed by atoms with E-state index in [4.69, 9.17) is 10.2 Å². The first-order valence-electron chi connectivity index (χ1n) is 5.83. The van der Waals surface area contributed by atoms with Crippen LogP contribution in [0.3, 0.4) is 0 Å². The van der Waals surface area contributed by atoms with Gasteiger partial charge >= 0.3 is 0 Å². The van der Waals surface area contributed by atoms with Gasteiger partial charge in [-0.3, -0.25) is 0 Å². The molecule has 2 rings (SSSR count). The largest absolute Gasteiger partial charge is 0.467 e. The van der Waals surface area contributed by atoms with Crippen LogP contribution < -0.4 is 5.73 Å². The van der Waals surface area contributed by atoms with Crippen LogP contribution in [-0.2, 0) is 6.54 Å². The monoisotopic (exact) mass is 221 g/mol. The zero-order valence-electron chi connectivity index (χ0n) is 9.72. The molecule has 2 N–H and O–H groups in total. The van der Waals surface area contributed by atoms with Gasteiger partial charge in [-0.2, -0.15) is 0 Å². The highest BCUT2D eigenvalue weighted by Crippen LogP contribution is 2.15. The van der Waals surface area contributed by atoms with Gasteiger partial charge in [0, 0.05) is 13.1 Å². The molecule has 0 aliphatic carbocycles. The number of rotatable bonds is 2. The van der Waals surface area contributed by atoms with E-state index in [9.17, 15) is 0 Å². The first-order valence-corrected chi connectivity index (χ1v) is 5.83. The van der Waals surface area contributed by atoms with Crippen LogP contribution in [0.15, 0.2) is 27.8 Å². The first kappa shape index (κ1) is 11.0. The van der Waals surface area contributed by atoms with Crippen molar-refractivity contribution < 1.29 is 4.42 Å². The molecule has 0 aromatic carbocycles. The zero-order chi connectivity index (χ0) is 11.4. The maximum atomic E-state index is 5.96. The summed E-state index contributed by atoms with van der Waals surface area (Å²) in [6.07, 6.45) is 4.16. The lowest BCUT2D eigenvalue weighted by molar-refractivity contribution is 0.270. The van der Waals surface area contributed by atoms with Crippen LogP contribution in [0.5, 0.6) is 0 Å². The highest BCUT2D eigenvalue weighted by Gasteiger charge is 2.17. The van der Waals surface area contributed by atoms with Gasteiger partial charge in [-0.1, -0.05) is 6.92 Å². The summed E-state index contributed by atoms with van der Waals surface area (Å²) >= 11 is 0. The lowest BCUT2D eigenvalue weighted by Gasteiger charge is -2.31. The van der Waals surface area contributed by atoms with Crippen LogP contribution in [0, 0.1) is 5.92 Å². The average Bonchev–Trinajstić information content (AvgIpc) is 2.78. The van der Waals surface area contributed by atoms with Crippen molar-refractivity contribution in [2.24, 2.45) is 16.6 Å². The van der Waals surface area contributed by atoms with E-state index >= 15 is 0 Å². The summed E-state index contributed by atoms with van der Waals surface area (Å²) in [6, 6.07) is 3.78. The van der Waals surface area contributed by atoms with Crippen LogP contribution in [0.25, 0.3) is 0 Å². The number of aliphatic imine (C=N–C) groups is 1. The standard InChI is InChI=1S/C12H19N3O/c1-10-4-2-6-15(9-10)12(13)14-8-11-5-3-7-16-11/h3,5,7,10H,2,4,6,8-9H2,1H3,(H2,13,14). The van der Waals surface area contributed by atoms with Crippen molar-refractivity contribution in [3.05, 3.63) is 24.2 Å². The van der Waals surface area contributed by atoms with Gasteiger partial charge in [0.1, 0.15) is 12.3 Å². The van der Waals surface area contributed by atoms with E-state index in [1.807, 2.05) is 12.1 Å². The van der Waals surface area contributed by atoms with E-state index in [2.05, 4.69) is 16.8 Å². The molecule has 1 unspecified atom stereocenters. The fraction of sp³-hybridized carbons (Fsp3) is 0.583. The third kappa shape index (κ3) is 2.78. The third-order valence-electron chi connectivity index (χ3n) is 2.96. The molecule has 4 nitrogen and oxygen atoms in total. The van der Waals surface area contributed by atoms with Gasteiger partial charge < -0.3 is 15.1 Å². The van der Waals surface area contributed by atoms with Gasteiger partial charge in [-0.25, -0.2) is 4.99 Å². The molecule has 2 heterocycles. The number of piperidine rings is 1. The van der Waals surface area contributed by atoms with Crippen molar-refractivity contribution in [2.45, 2.75) is 26.3 Å². The Balaban J connectivity index is 1.90. The number of hydrogen-bond donors (Lipinski definition) is 1. The van der Waals surface area contributed by atoms with Crippen LogP contribution >= 0.6 is 0 Å². The molecule has 1 atom stereocenters. The van der Waals surface area contributed by atoms with Crippen molar-refractivity contribution in [1.82, 2.24) is 4.90 Å². The van der Waals surface area contributed by atoms with Crippen molar-refractivity contribution in [3.8, 4) is 0 Å². The van der Waals surface area contributed by atoms with Crippen LogP contribution in [0.1, 0.15) is 25.5 Å². The second kappa shape index (κ2) is 5.05. The van der Waals surface area contributed by atoms with Gasteiger partial charge in [-0.15, -0.1) is 0 Å². The van der Waals surface area contributed by atoms with Crippen LogP contribution in [-0.4, -0.2) is 23.9 Å². The molecule has 1 saturated heterocycles. The number of likely N-dealkylation sites (tertiary alicyclic amines) is 1. The van der Waals surface area contributed by atoms with Crippen LogP contribution in [0.2, 0.25) is 0 Å². The van der Waals surface area contributed by atoms with Crippen molar-refractivity contribution in [2.75, 3.05) is 13.1 Å². The van der Waals surface area contributed by atoms with Crippen LogP contribution in [0.4, 0.5) is 0 Å². The highest BCUT2D eigenvalue weighted by molar-refractivity contribution is 5.78. The molecule has 0 bridgehead atoms. The Morgan fingerprint density at radius 3 is 3.25 bits per heavy atom. The van der Waals surface area contributed by atoms with Gasteiger partial charge in [-0.05, 0) is 30.9 Å². The Labute approximate surface area is 96.1 Å². The second-order valence-electron chi connectivity index (χ2n) is 4.45. The minimum atomic E-state index is 0.531. The molecule has 0 amide bonds. The summed E-state index contributed by atoms with van der Waals surface area (Å²) in [6.45, 7) is 4.83. The summed E-state index contributed by atoms with van der Waals surface area (Å²) in [7, 11) is 0. The van der Waals surface area contributed by atoms with E-state index in [1.165, 1.54) is 12.8 Å². The summed E-state index contributed by atoms with van der Waals surface area (Å²) in [5.74, 6) is 2.21. The summed E-state index contributed by atoms with van der Waals surface area (Å²) in [5.41, 5.74) is 5.96. The Kier molecular flexibility index (Phi) is 3.49. The maximum absolute atomic E-state index is 5.96. The molecule has 4 heteroatoms. The SMILES string of the molecule is CC1CCCN(C(N)=NCc2ccco2)C1. The maximum Gasteiger partial charge on any atom is 0.191 e. The Morgan fingerprint density at radius 2 is 2.56 bits per heavy atom. The molecular weight excluding hydrogens is 202 g/mol. The predicted molar refractivity (Wildman–Crippen MR) is 64.0 cm³/mol. The minimum Gasteiger partial charge on any atom is -0.467 e. The van der Waals surface area contributed by atoms with E-state index < -0.39 is 0 Å². The number of guanidine groups is 1. The van der Waals surface area contributed by atoms with Gasteiger partial charge in [0.05, 0.1) is 6.26 Å². The first-order chi connectivity index (χ1) is 7.75. The Morgan fingerprint density at radius 1 is 1.69 bits per heavy atom. The summed E-state index contributed by atoms with van der Waals surface area (Å²) in [5, 5.41) is 0. The molecular formula is C12H19N3O. The van der Waals surface area contributed by atoms with Gasteiger partial charge in [0.15, 0.2) is 5.96 Å². The second-order valence-corrected chi connectivity index (χ2v) is 4.45. The van der Waals surface area contributed by atoms with Crippen molar-refractivity contribution in [3.63, 3.8) is 0 Å². The predicted octanol–water partition coefficient (Wildman–Crippen LogP) is 1.83. The highest BCUT2D eigenvalue weighted by atomic mass is 16.3. The van der Waals surface area contributed by atoms with E-state index in [1.54, 1.807) is 6.26 Å². The number of nitrogens with zero attached hydrogens (tertiary/aromatic N) is 2. The topological polar surface area (TPSA) is 54.8 Å². The van der Waals surface area contributed by atoms with Gasteiger partial charge in [0.2, 0.25) is 0 Å². The fourth-order valence-corrected chi connectivity index (χ4v) is 2.06. The minimum absolute atomic E-state index is 0.531. The fourth-order valence-electron chi connectivity index (χ4n) is 2.06. The van der Waals surface area contributed by atoms with Crippen molar-refractivity contribution in [1.29, 1.82) is 0 Å². The Hall–Kier alpha value is -1.45. The Bertz CT molecular complexity index is 345. The van der Waals surface area contributed by atoms with Gasteiger partial charge in [0.25, 0.3) is 0 Å². The molecule has 1 aromatic heterocycles. The molecule has 1 aliphatic heterocycles. The number of furan rings is 1. The quantitative estimate of drug-likeness (QED) is 0.612. The van der Waals surface area contributed by atoms with E-state index in [0.717, 1.165) is 18.8 Å². The molecule has 88 valence electrons. The molecule has 1 fully saturated rings. The molecule has 0 spiro atoms. The molecule has 0 saturated carbocycles. The molecule has 16 heavy (non-hydrogen) atoms. The van der Waals surface area contributed by atoms with E-state index in [-0.39, 0.29) is 0 Å². The zero-order valence-corrected chi connectivity index (χ0v) is 9.72. The number of hydrogen-bond acceptors (Lipinski definition) is 2. The third-order valence-corrected chi connectivity index (χ3v) is 2.96. The molecule has 1 aromatic rings. The van der Waals surface area contributed by atoms with Crippen molar-refractivity contribution >= 4 is 5.96 Å². The summed E-state index contributed by atoms with van der Waals surface area (Å²) < 4.78 is 5.21.